The van der Waals surface area contributed by atoms with E-state index in [1.54, 1.807) is 17.0 Å². The molecule has 0 unspecified atom stereocenters. The van der Waals surface area contributed by atoms with Crippen molar-refractivity contribution >= 4 is 21.5 Å². The van der Waals surface area contributed by atoms with Crippen LogP contribution in [-0.4, -0.2) is 87.0 Å². The number of sulfonamides is 1. The Morgan fingerprint density at radius 1 is 1.00 bits per heavy atom. The number of hydrogen-bond acceptors (Lipinski definition) is 6. The molecule has 0 radical (unpaired) electrons. The summed E-state index contributed by atoms with van der Waals surface area (Å²) < 4.78 is 31.5. The summed E-state index contributed by atoms with van der Waals surface area (Å²) in [4.78, 5) is 17.4. The number of hydrogen-bond donors (Lipinski definition) is 1. The second-order valence-electron chi connectivity index (χ2n) is 9.19. The van der Waals surface area contributed by atoms with Crippen LogP contribution in [0.3, 0.4) is 0 Å². The first kappa shape index (κ1) is 25.4. The van der Waals surface area contributed by atoms with E-state index in [1.165, 1.54) is 26.2 Å². The van der Waals surface area contributed by atoms with Crippen LogP contribution in [0.15, 0.2) is 59.2 Å². The summed E-state index contributed by atoms with van der Waals surface area (Å²) in [5.41, 5.74) is 3.12. The average molecular weight is 500 g/mol. The molecule has 0 spiro atoms. The van der Waals surface area contributed by atoms with E-state index >= 15 is 0 Å². The minimum Gasteiger partial charge on any atom is -0.503 e. The Morgan fingerprint density at radius 3 is 2.23 bits per heavy atom. The molecule has 8 nitrogen and oxygen atoms in total. The molecule has 1 amide bonds. The van der Waals surface area contributed by atoms with Crippen molar-refractivity contribution in [2.24, 2.45) is 0 Å². The van der Waals surface area contributed by atoms with Crippen LogP contribution in [0.5, 0.6) is 0 Å². The summed E-state index contributed by atoms with van der Waals surface area (Å²) in [7, 11) is -0.618. The molecule has 2 heterocycles. The molecule has 1 atom stereocenters. The molecule has 0 saturated carbocycles. The van der Waals surface area contributed by atoms with Crippen LogP contribution in [0.4, 0.5) is 0 Å². The number of aryl methyl sites for hydroxylation is 1. The van der Waals surface area contributed by atoms with Gasteiger partial charge in [0, 0.05) is 45.8 Å². The van der Waals surface area contributed by atoms with E-state index in [0.29, 0.717) is 17.7 Å². The highest BCUT2D eigenvalue weighted by molar-refractivity contribution is 7.89. The predicted molar refractivity (Wildman–Crippen MR) is 134 cm³/mol. The van der Waals surface area contributed by atoms with Gasteiger partial charge >= 0.3 is 0 Å². The number of benzene rings is 2. The van der Waals surface area contributed by atoms with Crippen molar-refractivity contribution < 1.29 is 23.1 Å². The molecule has 35 heavy (non-hydrogen) atoms. The third-order valence-electron chi connectivity index (χ3n) is 6.62. The molecule has 0 aliphatic carbocycles. The topological polar surface area (TPSA) is 90.4 Å². The first-order valence-corrected chi connectivity index (χ1v) is 13.3. The van der Waals surface area contributed by atoms with Gasteiger partial charge in [-0.3, -0.25) is 9.69 Å². The van der Waals surface area contributed by atoms with Gasteiger partial charge in [0.25, 0.3) is 5.91 Å². The molecule has 1 saturated heterocycles. The number of aliphatic hydroxyl groups excluding tert-OH is 1. The fraction of sp³-hybridized carbons (Fsp3) is 0.423. The van der Waals surface area contributed by atoms with Gasteiger partial charge in [0.05, 0.1) is 24.2 Å². The second-order valence-corrected chi connectivity index (χ2v) is 11.3. The van der Waals surface area contributed by atoms with E-state index in [1.807, 2.05) is 31.2 Å². The maximum absolute atomic E-state index is 13.2. The highest BCUT2D eigenvalue weighted by Gasteiger charge is 2.40. The lowest BCUT2D eigenvalue weighted by Gasteiger charge is -2.30. The minimum atomic E-state index is -3.58. The third kappa shape index (κ3) is 5.28. The number of amides is 1. The maximum Gasteiger partial charge on any atom is 0.289 e. The Kier molecular flexibility index (Phi) is 7.61. The van der Waals surface area contributed by atoms with E-state index in [9.17, 15) is 18.3 Å². The van der Waals surface area contributed by atoms with Gasteiger partial charge in [0.1, 0.15) is 0 Å². The van der Waals surface area contributed by atoms with Crippen molar-refractivity contribution in [1.29, 1.82) is 0 Å². The second kappa shape index (κ2) is 10.5. The van der Waals surface area contributed by atoms with Gasteiger partial charge in [-0.25, -0.2) is 12.7 Å². The fourth-order valence-electron chi connectivity index (χ4n) is 4.58. The molecule has 2 aromatic carbocycles. The van der Waals surface area contributed by atoms with Crippen molar-refractivity contribution in [3.63, 3.8) is 0 Å². The van der Waals surface area contributed by atoms with Crippen LogP contribution in [0.1, 0.15) is 29.2 Å². The number of aliphatic hydroxyl groups is 1. The van der Waals surface area contributed by atoms with E-state index in [-0.39, 0.29) is 10.7 Å². The molecular weight excluding hydrogens is 466 g/mol. The number of morpholine rings is 1. The van der Waals surface area contributed by atoms with E-state index in [2.05, 4.69) is 4.90 Å². The number of rotatable bonds is 8. The van der Waals surface area contributed by atoms with Crippen molar-refractivity contribution in [2.75, 3.05) is 53.5 Å². The zero-order chi connectivity index (χ0) is 25.2. The Bertz CT molecular complexity index is 1180. The quantitative estimate of drug-likeness (QED) is 0.601. The van der Waals surface area contributed by atoms with Gasteiger partial charge in [-0.2, -0.15) is 0 Å². The number of nitrogens with zero attached hydrogens (tertiary/aromatic N) is 3. The summed E-state index contributed by atoms with van der Waals surface area (Å²) in [5, 5.41) is 11.0. The largest absolute Gasteiger partial charge is 0.503 e. The fourth-order valence-corrected chi connectivity index (χ4v) is 5.48. The molecule has 9 heteroatoms. The number of ether oxygens (including phenoxy) is 1. The van der Waals surface area contributed by atoms with Crippen LogP contribution in [0.2, 0.25) is 0 Å². The molecule has 0 bridgehead atoms. The lowest BCUT2D eigenvalue weighted by Crippen LogP contribution is -2.39. The molecule has 1 N–H and O–H groups in total. The highest BCUT2D eigenvalue weighted by Crippen LogP contribution is 2.43. The molecule has 2 aliphatic heterocycles. The first-order chi connectivity index (χ1) is 16.7. The van der Waals surface area contributed by atoms with Crippen LogP contribution in [0, 0.1) is 6.92 Å². The Balaban J connectivity index is 1.64. The summed E-state index contributed by atoms with van der Waals surface area (Å²) in [6, 6.07) is 13.8. The normalized spacial score (nSPS) is 19.7. The summed E-state index contributed by atoms with van der Waals surface area (Å²) >= 11 is 0. The van der Waals surface area contributed by atoms with Crippen molar-refractivity contribution in [1.82, 2.24) is 14.1 Å². The minimum absolute atomic E-state index is 0.157. The zero-order valence-corrected chi connectivity index (χ0v) is 21.3. The van der Waals surface area contributed by atoms with E-state index < -0.39 is 22.0 Å². The van der Waals surface area contributed by atoms with Gasteiger partial charge in [0.15, 0.2) is 5.76 Å². The molecule has 188 valence electrons. The van der Waals surface area contributed by atoms with Crippen molar-refractivity contribution in [3.05, 3.63) is 71.0 Å². The molecule has 4 rings (SSSR count). The summed E-state index contributed by atoms with van der Waals surface area (Å²) in [6.45, 7) is 6.55. The summed E-state index contributed by atoms with van der Waals surface area (Å²) in [5.74, 6) is -0.692. The van der Waals surface area contributed by atoms with Gasteiger partial charge in [-0.05, 0) is 36.6 Å². The lowest BCUT2D eigenvalue weighted by atomic mass is 9.93. The average Bonchev–Trinajstić information content (AvgIpc) is 3.10. The standard InChI is InChI=1S/C26H33N3O5S/c1-19-5-7-21(8-6-19)24-23(20-9-11-22(12-10-20)35(32,33)27(2)3)25(30)26(31)29(24)14-4-13-28-15-17-34-18-16-28/h5-12,24,30H,4,13-18H2,1-3H3/t24-/m1/s1. The maximum atomic E-state index is 13.2. The molecule has 2 aliphatic rings. The van der Waals surface area contributed by atoms with Crippen molar-refractivity contribution in [2.45, 2.75) is 24.3 Å². The number of carbonyl (C=O) groups excluding carboxylic acids is 1. The molecule has 2 aromatic rings. The van der Waals surface area contributed by atoms with Gasteiger partial charge in [0.2, 0.25) is 10.0 Å². The highest BCUT2D eigenvalue weighted by atomic mass is 32.2. The smallest absolute Gasteiger partial charge is 0.289 e. The monoisotopic (exact) mass is 499 g/mol. The predicted octanol–water partition coefficient (Wildman–Crippen LogP) is 2.82. The Hall–Kier alpha value is -2.72. The van der Waals surface area contributed by atoms with Gasteiger partial charge in [-0.1, -0.05) is 42.0 Å². The SMILES string of the molecule is Cc1ccc([C@@H]2C(c3ccc(S(=O)(=O)N(C)C)cc3)=C(O)C(=O)N2CCCN2CCOCC2)cc1. The third-order valence-corrected chi connectivity index (χ3v) is 8.45. The van der Waals surface area contributed by atoms with E-state index in [0.717, 1.165) is 54.7 Å². The van der Waals surface area contributed by atoms with Crippen LogP contribution >= 0.6 is 0 Å². The summed E-state index contributed by atoms with van der Waals surface area (Å²) in [6.07, 6.45) is 0.772. The zero-order valence-electron chi connectivity index (χ0n) is 20.5. The molecular formula is C26H33N3O5S. The van der Waals surface area contributed by atoms with Gasteiger partial charge < -0.3 is 14.7 Å². The van der Waals surface area contributed by atoms with Crippen LogP contribution < -0.4 is 0 Å². The lowest BCUT2D eigenvalue weighted by molar-refractivity contribution is -0.129. The number of carbonyl (C=O) groups is 1. The molecule has 0 aromatic heterocycles. The van der Waals surface area contributed by atoms with Crippen molar-refractivity contribution in [3.8, 4) is 0 Å². The Morgan fingerprint density at radius 2 is 1.63 bits per heavy atom. The van der Waals surface area contributed by atoms with Crippen LogP contribution in [0.25, 0.3) is 5.57 Å². The van der Waals surface area contributed by atoms with E-state index in [4.69, 9.17) is 4.74 Å². The molecule has 1 fully saturated rings. The van der Waals surface area contributed by atoms with Crippen LogP contribution in [-0.2, 0) is 19.6 Å². The first-order valence-electron chi connectivity index (χ1n) is 11.8. The Labute approximate surface area is 207 Å². The van der Waals surface area contributed by atoms with Gasteiger partial charge in [-0.15, -0.1) is 0 Å².